The highest BCUT2D eigenvalue weighted by molar-refractivity contribution is 6.03. The molecule has 0 saturated carbocycles. The summed E-state index contributed by atoms with van der Waals surface area (Å²) in [4.78, 5) is 50.1. The van der Waals surface area contributed by atoms with Crippen molar-refractivity contribution in [3.05, 3.63) is 61.8 Å². The van der Waals surface area contributed by atoms with Gasteiger partial charge in [-0.3, -0.25) is 23.5 Å². The van der Waals surface area contributed by atoms with Gasteiger partial charge in [-0.25, -0.2) is 4.79 Å². The molecule has 2 amide bonds. The number of rotatable bonds is 7. The summed E-state index contributed by atoms with van der Waals surface area (Å²) in [6, 6.07) is 7.77. The number of nitrogens with zero attached hydrogens (tertiary/aromatic N) is 2. The molecule has 0 bridgehead atoms. The molecule has 0 saturated heterocycles. The smallest absolute Gasteiger partial charge is 0.332 e. The summed E-state index contributed by atoms with van der Waals surface area (Å²) in [5.41, 5.74) is 1.27. The molecule has 1 unspecified atom stereocenters. The molecule has 154 valence electrons. The van der Waals surface area contributed by atoms with Gasteiger partial charge in [0.15, 0.2) is 0 Å². The standard InChI is InChI=1S/C21H26N4O4/c1-4-5-10-25-18-17(20(28)24(3)21(25)29)15(19(27)23-18)11-16(26)22-12-14-8-6-13(2)7-9-14/h6-9,15H,4-5,10-12H2,1-3H3,(H,22,26)(H,23,27). The van der Waals surface area contributed by atoms with Gasteiger partial charge >= 0.3 is 5.69 Å². The summed E-state index contributed by atoms with van der Waals surface area (Å²) in [5, 5.41) is 5.44. The molecule has 0 fully saturated rings. The van der Waals surface area contributed by atoms with Crippen molar-refractivity contribution >= 4 is 17.6 Å². The van der Waals surface area contributed by atoms with Gasteiger partial charge in [0.05, 0.1) is 11.5 Å². The first kappa shape index (κ1) is 20.6. The van der Waals surface area contributed by atoms with Crippen molar-refractivity contribution in [1.82, 2.24) is 14.5 Å². The van der Waals surface area contributed by atoms with Crippen molar-refractivity contribution in [2.45, 2.75) is 52.1 Å². The highest BCUT2D eigenvalue weighted by Gasteiger charge is 2.38. The van der Waals surface area contributed by atoms with Crippen LogP contribution in [0.25, 0.3) is 0 Å². The third-order valence-electron chi connectivity index (χ3n) is 5.22. The summed E-state index contributed by atoms with van der Waals surface area (Å²) >= 11 is 0. The Labute approximate surface area is 168 Å². The monoisotopic (exact) mass is 398 g/mol. The van der Waals surface area contributed by atoms with Gasteiger partial charge in [0.25, 0.3) is 5.56 Å². The first-order valence-electron chi connectivity index (χ1n) is 9.80. The van der Waals surface area contributed by atoms with E-state index in [1.807, 2.05) is 38.1 Å². The molecular formula is C21H26N4O4. The normalized spacial score (nSPS) is 15.1. The molecule has 1 atom stereocenters. The number of hydrogen-bond acceptors (Lipinski definition) is 4. The maximum Gasteiger partial charge on any atom is 0.332 e. The van der Waals surface area contributed by atoms with Crippen LogP contribution in [-0.2, 0) is 29.7 Å². The number of carbonyl (C=O) groups excluding carboxylic acids is 2. The summed E-state index contributed by atoms with van der Waals surface area (Å²) in [7, 11) is 1.39. The Morgan fingerprint density at radius 3 is 2.52 bits per heavy atom. The number of hydrogen-bond donors (Lipinski definition) is 2. The fourth-order valence-electron chi connectivity index (χ4n) is 3.46. The van der Waals surface area contributed by atoms with Crippen molar-refractivity contribution in [1.29, 1.82) is 0 Å². The number of benzene rings is 1. The van der Waals surface area contributed by atoms with E-state index < -0.39 is 23.1 Å². The zero-order chi connectivity index (χ0) is 21.1. The second kappa shape index (κ2) is 8.46. The number of carbonyl (C=O) groups is 2. The van der Waals surface area contributed by atoms with Crippen molar-refractivity contribution < 1.29 is 9.59 Å². The Morgan fingerprint density at radius 2 is 1.86 bits per heavy atom. The molecule has 1 aromatic carbocycles. The van der Waals surface area contributed by atoms with Crippen LogP contribution in [0.15, 0.2) is 33.9 Å². The van der Waals surface area contributed by atoms with Crippen LogP contribution in [0.1, 0.15) is 48.8 Å². The lowest BCUT2D eigenvalue weighted by molar-refractivity contribution is -0.125. The molecular weight excluding hydrogens is 372 g/mol. The van der Waals surface area contributed by atoms with Crippen molar-refractivity contribution in [3.8, 4) is 0 Å². The summed E-state index contributed by atoms with van der Waals surface area (Å²) in [5.74, 6) is -1.44. The first-order valence-corrected chi connectivity index (χ1v) is 9.80. The van der Waals surface area contributed by atoms with Gasteiger partial charge in [0.2, 0.25) is 11.8 Å². The lowest BCUT2D eigenvalue weighted by Gasteiger charge is -2.14. The first-order chi connectivity index (χ1) is 13.8. The molecule has 1 aliphatic rings. The van der Waals surface area contributed by atoms with E-state index in [-0.39, 0.29) is 23.7 Å². The molecule has 0 spiro atoms. The number of nitrogens with one attached hydrogen (secondary N) is 2. The van der Waals surface area contributed by atoms with Gasteiger partial charge in [-0.15, -0.1) is 0 Å². The number of aryl methyl sites for hydroxylation is 1. The van der Waals surface area contributed by atoms with Crippen LogP contribution in [0.3, 0.4) is 0 Å². The fraction of sp³-hybridized carbons (Fsp3) is 0.429. The van der Waals surface area contributed by atoms with Crippen LogP contribution >= 0.6 is 0 Å². The molecule has 2 N–H and O–H groups in total. The molecule has 2 heterocycles. The number of amides is 2. The number of aromatic nitrogens is 2. The lowest BCUT2D eigenvalue weighted by Crippen LogP contribution is -2.40. The molecule has 3 rings (SSSR count). The maximum atomic E-state index is 12.7. The molecule has 1 aromatic heterocycles. The Kier molecular flexibility index (Phi) is 6.00. The zero-order valence-electron chi connectivity index (χ0n) is 16.9. The highest BCUT2D eigenvalue weighted by Crippen LogP contribution is 2.31. The number of unbranched alkanes of at least 4 members (excludes halogenated alkanes) is 1. The third kappa shape index (κ3) is 4.16. The Bertz CT molecular complexity index is 1050. The summed E-state index contributed by atoms with van der Waals surface area (Å²) < 4.78 is 2.42. The van der Waals surface area contributed by atoms with E-state index in [2.05, 4.69) is 10.6 Å². The van der Waals surface area contributed by atoms with Gasteiger partial charge in [-0.1, -0.05) is 43.2 Å². The van der Waals surface area contributed by atoms with E-state index in [9.17, 15) is 19.2 Å². The quantitative estimate of drug-likeness (QED) is 0.736. The molecule has 8 heteroatoms. The van der Waals surface area contributed by atoms with Crippen molar-refractivity contribution in [2.24, 2.45) is 7.05 Å². The summed E-state index contributed by atoms with van der Waals surface area (Å²) in [6.45, 7) is 4.72. The van der Waals surface area contributed by atoms with E-state index in [1.165, 1.54) is 11.6 Å². The Hall–Kier alpha value is -3.16. The third-order valence-corrected chi connectivity index (χ3v) is 5.22. The predicted molar refractivity (Wildman–Crippen MR) is 110 cm³/mol. The zero-order valence-corrected chi connectivity index (χ0v) is 16.9. The highest BCUT2D eigenvalue weighted by atomic mass is 16.2. The minimum absolute atomic E-state index is 0.147. The second-order valence-electron chi connectivity index (χ2n) is 7.42. The minimum atomic E-state index is -0.907. The lowest BCUT2D eigenvalue weighted by atomic mass is 9.99. The maximum absolute atomic E-state index is 12.7. The Balaban J connectivity index is 1.82. The molecule has 2 aromatic rings. The number of fused-ring (bicyclic) bond motifs is 1. The average molecular weight is 398 g/mol. The predicted octanol–water partition coefficient (Wildman–Crippen LogP) is 1.40. The van der Waals surface area contributed by atoms with Crippen LogP contribution in [0.2, 0.25) is 0 Å². The van der Waals surface area contributed by atoms with Crippen LogP contribution in [0.5, 0.6) is 0 Å². The van der Waals surface area contributed by atoms with E-state index in [0.717, 1.165) is 28.5 Å². The molecule has 29 heavy (non-hydrogen) atoms. The van der Waals surface area contributed by atoms with Crippen LogP contribution < -0.4 is 21.9 Å². The second-order valence-corrected chi connectivity index (χ2v) is 7.42. The molecule has 0 radical (unpaired) electrons. The van der Waals surface area contributed by atoms with Crippen molar-refractivity contribution in [3.63, 3.8) is 0 Å². The van der Waals surface area contributed by atoms with E-state index in [1.54, 1.807) is 0 Å². The topological polar surface area (TPSA) is 102 Å². The van der Waals surface area contributed by atoms with Crippen LogP contribution in [-0.4, -0.2) is 20.9 Å². The average Bonchev–Trinajstić information content (AvgIpc) is 3.02. The molecule has 0 aliphatic carbocycles. The van der Waals surface area contributed by atoms with E-state index in [4.69, 9.17) is 0 Å². The SMILES string of the molecule is CCCCn1c2c(c(=O)n(C)c1=O)C(CC(=O)NCc1ccc(C)cc1)C(=O)N2. The van der Waals surface area contributed by atoms with Gasteiger partial charge in [0, 0.05) is 26.6 Å². The largest absolute Gasteiger partial charge is 0.352 e. The van der Waals surface area contributed by atoms with Crippen LogP contribution in [0.4, 0.5) is 5.82 Å². The van der Waals surface area contributed by atoms with Crippen LogP contribution in [0, 0.1) is 6.92 Å². The van der Waals surface area contributed by atoms with E-state index in [0.29, 0.717) is 13.1 Å². The van der Waals surface area contributed by atoms with Gasteiger partial charge in [-0.2, -0.15) is 0 Å². The van der Waals surface area contributed by atoms with Crippen molar-refractivity contribution in [2.75, 3.05) is 5.32 Å². The Morgan fingerprint density at radius 1 is 1.17 bits per heavy atom. The van der Waals surface area contributed by atoms with Gasteiger partial charge in [-0.05, 0) is 18.9 Å². The summed E-state index contributed by atoms with van der Waals surface area (Å²) in [6.07, 6.45) is 1.46. The minimum Gasteiger partial charge on any atom is -0.352 e. The fourth-order valence-corrected chi connectivity index (χ4v) is 3.46. The van der Waals surface area contributed by atoms with Gasteiger partial charge < -0.3 is 10.6 Å². The van der Waals surface area contributed by atoms with Gasteiger partial charge in [0.1, 0.15) is 5.82 Å². The van der Waals surface area contributed by atoms with E-state index >= 15 is 0 Å². The molecule has 1 aliphatic heterocycles. The number of anilines is 1. The molecule has 8 nitrogen and oxygen atoms in total.